The number of carbonyl (C=O) groups is 2. The lowest BCUT2D eigenvalue weighted by atomic mass is 10.1. The van der Waals surface area contributed by atoms with Crippen molar-refractivity contribution in [3.63, 3.8) is 0 Å². The van der Waals surface area contributed by atoms with Crippen LogP contribution in [-0.2, 0) is 4.79 Å². The number of hydrogen-bond donors (Lipinski definition) is 4. The Morgan fingerprint density at radius 3 is 2.28 bits per heavy atom. The highest BCUT2D eigenvalue weighted by molar-refractivity contribution is 6.30. The molecule has 1 heterocycles. The molecule has 1 aliphatic rings. The summed E-state index contributed by atoms with van der Waals surface area (Å²) in [7, 11) is 0. The number of anilines is 3. The monoisotopic (exact) mass is 413 g/mol. The Labute approximate surface area is 174 Å². The molecule has 2 aromatic rings. The first-order valence-corrected chi connectivity index (χ1v) is 9.89. The van der Waals surface area contributed by atoms with E-state index in [2.05, 4.69) is 16.0 Å². The van der Waals surface area contributed by atoms with Gasteiger partial charge in [0.2, 0.25) is 5.91 Å². The number of piperidine rings is 1. The van der Waals surface area contributed by atoms with Gasteiger partial charge in [-0.25, -0.2) is 4.79 Å². The standard InChI is InChI=1S/C21H24ClN5O2/c1-14(24-21(29)26-17-7-5-15(22)6-8-17)20(28)25-16-9-11-18(12-10-16)27-13-3-2-4-19(27)23/h5-12,14,23H,2-4,13H2,1H3,(H,25,28)(H2,24,26,29)/t14-/m1/s1. The van der Waals surface area contributed by atoms with Crippen molar-refractivity contribution >= 4 is 46.4 Å². The van der Waals surface area contributed by atoms with Gasteiger partial charge in [0, 0.05) is 35.1 Å². The van der Waals surface area contributed by atoms with Crippen molar-refractivity contribution < 1.29 is 9.59 Å². The second-order valence-corrected chi connectivity index (χ2v) is 7.36. The molecule has 1 aliphatic heterocycles. The summed E-state index contributed by atoms with van der Waals surface area (Å²) in [5.41, 5.74) is 2.16. The van der Waals surface area contributed by atoms with Crippen LogP contribution in [0.1, 0.15) is 26.2 Å². The number of rotatable bonds is 5. The van der Waals surface area contributed by atoms with Crippen molar-refractivity contribution in [3.05, 3.63) is 53.6 Å². The Kier molecular flexibility index (Phi) is 6.72. The molecule has 0 aliphatic carbocycles. The van der Waals surface area contributed by atoms with Gasteiger partial charge in [-0.05, 0) is 68.3 Å². The first-order chi connectivity index (χ1) is 13.9. The van der Waals surface area contributed by atoms with Gasteiger partial charge in [0.15, 0.2) is 0 Å². The molecule has 0 bridgehead atoms. The van der Waals surface area contributed by atoms with Crippen LogP contribution in [0.3, 0.4) is 0 Å². The second kappa shape index (κ2) is 9.43. The number of amidine groups is 1. The van der Waals surface area contributed by atoms with Crippen LogP contribution in [0.5, 0.6) is 0 Å². The Morgan fingerprint density at radius 2 is 1.62 bits per heavy atom. The number of benzene rings is 2. The number of nitrogens with zero attached hydrogens (tertiary/aromatic N) is 1. The van der Waals surface area contributed by atoms with Gasteiger partial charge in [-0.2, -0.15) is 0 Å². The van der Waals surface area contributed by atoms with Crippen molar-refractivity contribution in [3.8, 4) is 0 Å². The molecule has 3 rings (SSSR count). The molecule has 8 heteroatoms. The fourth-order valence-corrected chi connectivity index (χ4v) is 3.18. The lowest BCUT2D eigenvalue weighted by molar-refractivity contribution is -0.117. The third kappa shape index (κ3) is 5.71. The summed E-state index contributed by atoms with van der Waals surface area (Å²) in [4.78, 5) is 26.4. The fourth-order valence-electron chi connectivity index (χ4n) is 3.06. The maximum Gasteiger partial charge on any atom is 0.319 e. The number of carbonyl (C=O) groups excluding carboxylic acids is 2. The highest BCUT2D eigenvalue weighted by Gasteiger charge is 2.18. The number of hydrogen-bond acceptors (Lipinski definition) is 3. The first kappa shape index (κ1) is 20.7. The Hall–Kier alpha value is -3.06. The molecule has 0 unspecified atom stereocenters. The number of nitrogens with one attached hydrogen (secondary N) is 4. The van der Waals surface area contributed by atoms with E-state index in [-0.39, 0.29) is 5.91 Å². The van der Waals surface area contributed by atoms with Gasteiger partial charge in [-0.3, -0.25) is 10.2 Å². The third-order valence-electron chi connectivity index (χ3n) is 4.66. The summed E-state index contributed by atoms with van der Waals surface area (Å²) in [6, 6.07) is 12.9. The third-order valence-corrected chi connectivity index (χ3v) is 4.91. The molecule has 4 N–H and O–H groups in total. The van der Waals surface area contributed by atoms with E-state index in [0.29, 0.717) is 22.2 Å². The Morgan fingerprint density at radius 1 is 1.00 bits per heavy atom. The smallest absolute Gasteiger partial charge is 0.319 e. The molecule has 1 saturated heterocycles. The van der Waals surface area contributed by atoms with Gasteiger partial charge in [0.1, 0.15) is 11.9 Å². The van der Waals surface area contributed by atoms with Gasteiger partial charge in [0.05, 0.1) is 0 Å². The van der Waals surface area contributed by atoms with Gasteiger partial charge in [0.25, 0.3) is 0 Å². The van der Waals surface area contributed by atoms with Gasteiger partial charge in [-0.1, -0.05) is 11.6 Å². The Balaban J connectivity index is 1.51. The molecule has 2 aromatic carbocycles. The predicted molar refractivity (Wildman–Crippen MR) is 117 cm³/mol. The minimum absolute atomic E-state index is 0.324. The number of amides is 3. The van der Waals surface area contributed by atoms with Crippen LogP contribution < -0.4 is 20.9 Å². The summed E-state index contributed by atoms with van der Waals surface area (Å²) in [6.45, 7) is 2.45. The first-order valence-electron chi connectivity index (χ1n) is 9.51. The number of urea groups is 1. The van der Waals surface area contributed by atoms with Crippen molar-refractivity contribution in [2.24, 2.45) is 0 Å². The molecule has 0 radical (unpaired) electrons. The maximum atomic E-state index is 12.4. The lowest BCUT2D eigenvalue weighted by Gasteiger charge is -2.29. The topological polar surface area (TPSA) is 97.3 Å². The molecule has 0 saturated carbocycles. The summed E-state index contributed by atoms with van der Waals surface area (Å²) in [6.07, 6.45) is 2.92. The highest BCUT2D eigenvalue weighted by Crippen LogP contribution is 2.23. The maximum absolute atomic E-state index is 12.4. The van der Waals surface area contributed by atoms with Gasteiger partial charge >= 0.3 is 6.03 Å². The molecular weight excluding hydrogens is 390 g/mol. The van der Waals surface area contributed by atoms with E-state index < -0.39 is 12.1 Å². The molecule has 7 nitrogen and oxygen atoms in total. The molecule has 1 fully saturated rings. The fraction of sp³-hybridized carbons (Fsp3) is 0.286. The van der Waals surface area contributed by atoms with Crippen LogP contribution in [0.2, 0.25) is 5.02 Å². The lowest BCUT2D eigenvalue weighted by Crippen LogP contribution is -2.43. The molecule has 152 valence electrons. The zero-order chi connectivity index (χ0) is 20.8. The van der Waals surface area contributed by atoms with Crippen molar-refractivity contribution in [1.29, 1.82) is 5.41 Å². The molecule has 3 amide bonds. The van der Waals surface area contributed by atoms with Crippen molar-refractivity contribution in [1.82, 2.24) is 5.32 Å². The van der Waals surface area contributed by atoms with Crippen LogP contribution in [0, 0.1) is 5.41 Å². The molecular formula is C21H24ClN5O2. The van der Waals surface area contributed by atoms with Crippen LogP contribution in [0.15, 0.2) is 48.5 Å². The predicted octanol–water partition coefficient (Wildman–Crippen LogP) is 4.46. The average molecular weight is 414 g/mol. The van der Waals surface area contributed by atoms with Crippen molar-refractivity contribution in [2.75, 3.05) is 22.1 Å². The van der Waals surface area contributed by atoms with Gasteiger partial charge in [-0.15, -0.1) is 0 Å². The summed E-state index contributed by atoms with van der Waals surface area (Å²) in [5.74, 6) is 0.298. The zero-order valence-electron chi connectivity index (χ0n) is 16.2. The average Bonchev–Trinajstić information content (AvgIpc) is 2.71. The normalized spacial score (nSPS) is 14.8. The molecule has 29 heavy (non-hydrogen) atoms. The highest BCUT2D eigenvalue weighted by atomic mass is 35.5. The summed E-state index contributed by atoms with van der Waals surface area (Å²) in [5, 5.41) is 16.7. The van der Waals surface area contributed by atoms with Crippen molar-refractivity contribution in [2.45, 2.75) is 32.2 Å². The minimum Gasteiger partial charge on any atom is -0.330 e. The SMILES string of the molecule is C[C@@H](NC(=O)Nc1ccc(Cl)cc1)C(=O)Nc1ccc(N2CCCCC2=N)cc1. The van der Waals surface area contributed by atoms with Crippen LogP contribution in [0.25, 0.3) is 0 Å². The molecule has 0 aromatic heterocycles. The quantitative estimate of drug-likeness (QED) is 0.582. The van der Waals surface area contributed by atoms with E-state index >= 15 is 0 Å². The van der Waals surface area contributed by atoms with E-state index in [1.807, 2.05) is 17.0 Å². The van der Waals surface area contributed by atoms with E-state index in [4.69, 9.17) is 17.0 Å². The van der Waals surface area contributed by atoms with Crippen LogP contribution in [0.4, 0.5) is 21.9 Å². The summed E-state index contributed by atoms with van der Waals surface area (Å²) < 4.78 is 0. The Bertz CT molecular complexity index is 883. The molecule has 0 spiro atoms. The zero-order valence-corrected chi connectivity index (χ0v) is 16.9. The van der Waals surface area contributed by atoms with Crippen LogP contribution in [-0.4, -0.2) is 30.4 Å². The van der Waals surface area contributed by atoms with Gasteiger partial charge < -0.3 is 20.9 Å². The second-order valence-electron chi connectivity index (χ2n) is 6.92. The van der Waals surface area contributed by atoms with E-state index in [1.165, 1.54) is 0 Å². The summed E-state index contributed by atoms with van der Waals surface area (Å²) >= 11 is 5.82. The molecule has 1 atom stereocenters. The van der Waals surface area contributed by atoms with Crippen LogP contribution >= 0.6 is 11.6 Å². The number of halogens is 1. The van der Waals surface area contributed by atoms with E-state index in [0.717, 1.165) is 31.5 Å². The largest absolute Gasteiger partial charge is 0.330 e. The van der Waals surface area contributed by atoms with E-state index in [9.17, 15) is 9.59 Å². The van der Waals surface area contributed by atoms with E-state index in [1.54, 1.807) is 43.3 Å². The minimum atomic E-state index is -0.725.